The fraction of sp³-hybridized carbons (Fsp3) is 1.00. The molecule has 0 aromatic heterocycles. The van der Waals surface area contributed by atoms with Gasteiger partial charge >= 0.3 is 0 Å². The topological polar surface area (TPSA) is 46.1 Å². The Balaban J connectivity index is 4.53. The first-order valence-electron chi connectivity index (χ1n) is 3.84. The lowest BCUT2D eigenvalue weighted by Crippen LogP contribution is -2.65. The van der Waals surface area contributed by atoms with E-state index in [0.29, 0.717) is 0 Å². The highest BCUT2D eigenvalue weighted by atomic mass is 79.9. The van der Waals surface area contributed by atoms with Crippen molar-refractivity contribution < 1.29 is 10.0 Å². The van der Waals surface area contributed by atoms with Gasteiger partial charge in [0.2, 0.25) is 0 Å². The van der Waals surface area contributed by atoms with Gasteiger partial charge in [-0.15, -0.1) is 0 Å². The predicted octanol–water partition coefficient (Wildman–Crippen LogP) is 0.180. The molecule has 0 saturated heterocycles. The van der Waals surface area contributed by atoms with Crippen molar-refractivity contribution in [3.63, 3.8) is 0 Å². The van der Waals surface area contributed by atoms with E-state index in [4.69, 9.17) is 0 Å². The molecule has 4 heteroatoms. The van der Waals surface area contributed by atoms with E-state index in [0.717, 1.165) is 0 Å². The van der Waals surface area contributed by atoms with Gasteiger partial charge in [0.05, 0.1) is 0 Å². The summed E-state index contributed by atoms with van der Waals surface area (Å²) in [6.45, 7) is 7.55. The molecule has 11 heavy (non-hydrogen) atoms. The van der Waals surface area contributed by atoms with Gasteiger partial charge in [0.1, 0.15) is 0 Å². The van der Waals surface area contributed by atoms with Crippen LogP contribution in [-0.2, 0) is 0 Å². The monoisotopic (exact) mass is 220 g/mol. The van der Waals surface area contributed by atoms with Crippen LogP contribution in [0.3, 0.4) is 0 Å². The predicted molar refractivity (Wildman–Crippen MR) is 47.1 cm³/mol. The normalized spacial score (nSPS) is 12.8. The van der Waals surface area contributed by atoms with Crippen molar-refractivity contribution in [2.24, 2.45) is 11.8 Å². The summed E-state index contributed by atoms with van der Waals surface area (Å²) >= 11 is 3.25. The van der Waals surface area contributed by atoms with Crippen LogP contribution in [0.4, 0.5) is 0 Å². The quantitative estimate of drug-likeness (QED) is 0.504. The van der Waals surface area contributed by atoms with Gasteiger partial charge in [0, 0.05) is 0 Å². The van der Waals surface area contributed by atoms with Crippen LogP contribution in [0.1, 0.15) is 27.7 Å². The summed E-state index contributed by atoms with van der Waals surface area (Å²) in [4.78, 5) is 0. The number of hydrogen-bond donors (Lipinski definition) is 0. The summed E-state index contributed by atoms with van der Waals surface area (Å²) in [7, 11) is -1.80. The molecule has 0 aliphatic heterocycles. The number of halogens is 1. The maximum absolute atomic E-state index is 10.8. The average molecular weight is 221 g/mol. The van der Waals surface area contributed by atoms with E-state index in [-0.39, 0.29) is 11.8 Å². The second-order valence-electron chi connectivity index (χ2n) is 3.47. The number of hydrogen-bond acceptors (Lipinski definition) is 2. The standard InChI is InChI=1S/C7H14BBrO2/c1-5(2)7(9,6(3)4)8(10)11/h5-6H,1-4H3/q-2. The first kappa shape index (κ1) is 11.5. The third kappa shape index (κ3) is 2.20. The Labute approximate surface area is 77.3 Å². The van der Waals surface area contributed by atoms with E-state index in [1.165, 1.54) is 0 Å². The molecule has 0 spiro atoms. The van der Waals surface area contributed by atoms with Crippen molar-refractivity contribution >= 4 is 23.0 Å². The van der Waals surface area contributed by atoms with Crippen LogP contribution in [0.15, 0.2) is 0 Å². The molecule has 0 fully saturated rings. The third-order valence-corrected chi connectivity index (χ3v) is 4.34. The minimum Gasteiger partial charge on any atom is -0.892 e. The molecule has 0 bridgehead atoms. The molecular formula is C7H14BBrO2-2. The van der Waals surface area contributed by atoms with Gasteiger partial charge in [-0.2, -0.15) is 0 Å². The van der Waals surface area contributed by atoms with Crippen LogP contribution in [0.5, 0.6) is 0 Å². The van der Waals surface area contributed by atoms with E-state index in [1.807, 2.05) is 27.7 Å². The molecule has 0 N–H and O–H groups in total. The fourth-order valence-electron chi connectivity index (χ4n) is 1.21. The molecule has 0 heterocycles. The van der Waals surface area contributed by atoms with Crippen molar-refractivity contribution in [2.75, 3.05) is 0 Å². The summed E-state index contributed by atoms with van der Waals surface area (Å²) < 4.78 is -0.799. The lowest BCUT2D eigenvalue weighted by molar-refractivity contribution is -0.355. The Morgan fingerprint density at radius 1 is 1.09 bits per heavy atom. The van der Waals surface area contributed by atoms with Crippen LogP contribution in [-0.4, -0.2) is 11.3 Å². The summed E-state index contributed by atoms with van der Waals surface area (Å²) in [6, 6.07) is 0. The smallest absolute Gasteiger partial charge is 0.0336 e. The van der Waals surface area contributed by atoms with Crippen LogP contribution < -0.4 is 10.0 Å². The van der Waals surface area contributed by atoms with Crippen molar-refractivity contribution in [1.29, 1.82) is 0 Å². The molecule has 0 unspecified atom stereocenters. The summed E-state index contributed by atoms with van der Waals surface area (Å²) in [5.41, 5.74) is 0. The van der Waals surface area contributed by atoms with Gasteiger partial charge in [-0.25, -0.2) is 0 Å². The first-order valence-corrected chi connectivity index (χ1v) is 4.63. The Morgan fingerprint density at radius 2 is 1.36 bits per heavy atom. The number of rotatable bonds is 3. The van der Waals surface area contributed by atoms with E-state index in [9.17, 15) is 10.0 Å². The minimum absolute atomic E-state index is 0.0718. The van der Waals surface area contributed by atoms with Crippen molar-refractivity contribution in [3.05, 3.63) is 0 Å². The molecule has 0 atom stereocenters. The Hall–Kier alpha value is 0.465. The van der Waals surface area contributed by atoms with Gasteiger partial charge in [0.25, 0.3) is 0 Å². The number of alkyl halides is 1. The lowest BCUT2D eigenvalue weighted by Gasteiger charge is -2.51. The van der Waals surface area contributed by atoms with E-state index < -0.39 is 11.3 Å². The zero-order valence-corrected chi connectivity index (χ0v) is 9.01. The highest BCUT2D eigenvalue weighted by molar-refractivity contribution is 9.10. The van der Waals surface area contributed by atoms with Crippen LogP contribution in [0.2, 0.25) is 0 Å². The van der Waals surface area contributed by atoms with Gasteiger partial charge in [-0.05, 0) is 16.1 Å². The SMILES string of the molecule is CC(C)C(Br)(B([O-])[O-])C(C)C. The summed E-state index contributed by atoms with van der Waals surface area (Å²) in [6.07, 6.45) is 0. The van der Waals surface area contributed by atoms with E-state index >= 15 is 0 Å². The highest BCUT2D eigenvalue weighted by Crippen LogP contribution is 2.34. The molecule has 0 saturated carbocycles. The lowest BCUT2D eigenvalue weighted by atomic mass is 9.61. The van der Waals surface area contributed by atoms with E-state index in [1.54, 1.807) is 0 Å². The Morgan fingerprint density at radius 3 is 1.36 bits per heavy atom. The van der Waals surface area contributed by atoms with Gasteiger partial charge in [0.15, 0.2) is 0 Å². The molecular weight excluding hydrogens is 207 g/mol. The molecule has 0 aromatic rings. The maximum Gasteiger partial charge on any atom is -0.0336 e. The van der Waals surface area contributed by atoms with Crippen LogP contribution in [0, 0.1) is 11.8 Å². The summed E-state index contributed by atoms with van der Waals surface area (Å²) in [5, 5.41) is 21.7. The van der Waals surface area contributed by atoms with Crippen molar-refractivity contribution in [1.82, 2.24) is 0 Å². The molecule has 2 nitrogen and oxygen atoms in total. The third-order valence-electron chi connectivity index (χ3n) is 2.13. The maximum atomic E-state index is 10.8. The summed E-state index contributed by atoms with van der Waals surface area (Å²) in [5.74, 6) is 0.144. The molecule has 66 valence electrons. The van der Waals surface area contributed by atoms with Crippen LogP contribution >= 0.6 is 15.9 Å². The zero-order valence-electron chi connectivity index (χ0n) is 7.43. The molecule has 0 aromatic carbocycles. The van der Waals surface area contributed by atoms with Gasteiger partial charge in [-0.3, -0.25) is 0 Å². The Kier molecular flexibility index (Phi) is 4.09. The molecule has 0 amide bonds. The molecule has 0 rings (SSSR count). The zero-order chi connectivity index (χ0) is 9.23. The average Bonchev–Trinajstić information content (AvgIpc) is 1.84. The van der Waals surface area contributed by atoms with E-state index in [2.05, 4.69) is 15.9 Å². The van der Waals surface area contributed by atoms with Crippen molar-refractivity contribution in [2.45, 2.75) is 31.9 Å². The van der Waals surface area contributed by atoms with Gasteiger partial charge < -0.3 is 10.0 Å². The largest absolute Gasteiger partial charge is 0.892 e. The fourth-order valence-corrected chi connectivity index (χ4v) is 1.21. The minimum atomic E-state index is -1.80. The second-order valence-corrected chi connectivity index (χ2v) is 4.84. The highest BCUT2D eigenvalue weighted by Gasteiger charge is 2.30. The first-order chi connectivity index (χ1) is 4.83. The Bertz CT molecular complexity index is 104. The molecule has 0 radical (unpaired) electrons. The molecule has 0 aliphatic rings. The van der Waals surface area contributed by atoms with Crippen LogP contribution in [0.25, 0.3) is 0 Å². The van der Waals surface area contributed by atoms with Gasteiger partial charge in [-0.1, -0.05) is 50.7 Å². The second kappa shape index (κ2) is 3.92. The van der Waals surface area contributed by atoms with Crippen molar-refractivity contribution in [3.8, 4) is 0 Å². The molecule has 0 aliphatic carbocycles.